The molecule has 2 fully saturated rings. The van der Waals surface area contributed by atoms with E-state index < -0.39 is 0 Å². The average molecular weight is 280 g/mol. The van der Waals surface area contributed by atoms with Gasteiger partial charge >= 0.3 is 0 Å². The van der Waals surface area contributed by atoms with Gasteiger partial charge in [0, 0.05) is 39.1 Å². The molecule has 4 heteroatoms. The lowest BCUT2D eigenvalue weighted by Gasteiger charge is -2.36. The third kappa shape index (κ3) is 4.91. The van der Waals surface area contributed by atoms with Crippen molar-refractivity contribution in [3.63, 3.8) is 0 Å². The first-order chi connectivity index (χ1) is 9.79. The van der Waals surface area contributed by atoms with Gasteiger partial charge in [-0.1, -0.05) is 6.08 Å². The Bertz CT molecular complexity index is 306. The average Bonchev–Trinajstić information content (AvgIpc) is 2.49. The summed E-state index contributed by atoms with van der Waals surface area (Å²) in [6, 6.07) is 0. The van der Waals surface area contributed by atoms with Gasteiger partial charge in [0.2, 0.25) is 5.91 Å². The number of hydrogen-bond donors (Lipinski definition) is 0. The number of rotatable bonds is 6. The quantitative estimate of drug-likeness (QED) is 0.550. The molecule has 0 N–H and O–H groups in total. The molecule has 0 aliphatic carbocycles. The molecule has 0 atom stereocenters. The largest absolute Gasteiger partial charge is 0.379 e. The molecule has 0 unspecified atom stereocenters. The summed E-state index contributed by atoms with van der Waals surface area (Å²) in [6.07, 6.45) is 6.77. The van der Waals surface area contributed by atoms with Crippen LogP contribution in [-0.2, 0) is 9.53 Å². The highest BCUT2D eigenvalue weighted by molar-refractivity contribution is 5.76. The van der Waals surface area contributed by atoms with Crippen molar-refractivity contribution >= 4 is 5.91 Å². The molecule has 0 saturated carbocycles. The van der Waals surface area contributed by atoms with E-state index in [0.29, 0.717) is 12.3 Å². The molecule has 0 aromatic heterocycles. The predicted octanol–water partition coefficient (Wildman–Crippen LogP) is 1.91. The summed E-state index contributed by atoms with van der Waals surface area (Å²) in [5.41, 5.74) is 0. The lowest BCUT2D eigenvalue weighted by molar-refractivity contribution is -0.132. The number of allylic oxidation sites excluding steroid dienone is 1. The second kappa shape index (κ2) is 8.42. The highest BCUT2D eigenvalue weighted by atomic mass is 16.5. The zero-order valence-corrected chi connectivity index (χ0v) is 12.6. The topological polar surface area (TPSA) is 32.8 Å². The molecule has 114 valence electrons. The molecule has 2 saturated heterocycles. The van der Waals surface area contributed by atoms with Gasteiger partial charge in [-0.15, -0.1) is 6.58 Å². The number of hydrogen-bond acceptors (Lipinski definition) is 3. The van der Waals surface area contributed by atoms with Crippen molar-refractivity contribution in [2.45, 2.75) is 32.1 Å². The highest BCUT2D eigenvalue weighted by Crippen LogP contribution is 2.20. The molecule has 0 aromatic rings. The second-order valence-electron chi connectivity index (χ2n) is 5.92. The van der Waals surface area contributed by atoms with Crippen molar-refractivity contribution in [1.29, 1.82) is 0 Å². The summed E-state index contributed by atoms with van der Waals surface area (Å²) in [5, 5.41) is 0. The molecular weight excluding hydrogens is 252 g/mol. The summed E-state index contributed by atoms with van der Waals surface area (Å²) in [5.74, 6) is 1.09. The fraction of sp³-hybridized carbons (Fsp3) is 0.812. The molecule has 0 radical (unpaired) electrons. The Hall–Kier alpha value is -0.870. The predicted molar refractivity (Wildman–Crippen MR) is 80.6 cm³/mol. The summed E-state index contributed by atoms with van der Waals surface area (Å²) in [4.78, 5) is 16.6. The van der Waals surface area contributed by atoms with Gasteiger partial charge < -0.3 is 9.64 Å². The van der Waals surface area contributed by atoms with Crippen LogP contribution in [0.4, 0.5) is 0 Å². The van der Waals surface area contributed by atoms with Crippen LogP contribution in [0.25, 0.3) is 0 Å². The van der Waals surface area contributed by atoms with E-state index >= 15 is 0 Å². The Balaban J connectivity index is 1.63. The van der Waals surface area contributed by atoms with E-state index in [1.807, 2.05) is 6.08 Å². The number of nitrogens with zero attached hydrogens (tertiary/aromatic N) is 2. The lowest BCUT2D eigenvalue weighted by Crippen LogP contribution is -2.44. The fourth-order valence-corrected chi connectivity index (χ4v) is 3.07. The standard InChI is InChI=1S/C16H28N2O2/c1-2-3-4-5-16(19)18-8-6-15(7-9-18)14-17-10-12-20-13-11-17/h2,15H,1,3-14H2. The van der Waals surface area contributed by atoms with Gasteiger partial charge in [0.25, 0.3) is 0 Å². The summed E-state index contributed by atoms with van der Waals surface area (Å²) < 4.78 is 5.38. The maximum Gasteiger partial charge on any atom is 0.222 e. The van der Waals surface area contributed by atoms with Crippen molar-refractivity contribution in [3.05, 3.63) is 12.7 Å². The Kier molecular flexibility index (Phi) is 6.54. The molecule has 0 spiro atoms. The molecule has 4 nitrogen and oxygen atoms in total. The van der Waals surface area contributed by atoms with E-state index in [0.717, 1.165) is 71.0 Å². The lowest BCUT2D eigenvalue weighted by atomic mass is 9.95. The van der Waals surface area contributed by atoms with Gasteiger partial charge in [0.05, 0.1) is 13.2 Å². The van der Waals surface area contributed by atoms with E-state index in [1.165, 1.54) is 6.54 Å². The summed E-state index contributed by atoms with van der Waals surface area (Å²) >= 11 is 0. The molecule has 1 amide bonds. The maximum atomic E-state index is 12.0. The zero-order valence-electron chi connectivity index (χ0n) is 12.6. The summed E-state index contributed by atoms with van der Waals surface area (Å²) in [6.45, 7) is 10.7. The van der Waals surface area contributed by atoms with Crippen LogP contribution >= 0.6 is 0 Å². The number of carbonyl (C=O) groups is 1. The van der Waals surface area contributed by atoms with E-state index in [-0.39, 0.29) is 0 Å². The zero-order chi connectivity index (χ0) is 14.2. The fourth-order valence-electron chi connectivity index (χ4n) is 3.07. The number of piperidine rings is 1. The minimum absolute atomic E-state index is 0.330. The van der Waals surface area contributed by atoms with Crippen molar-refractivity contribution in [3.8, 4) is 0 Å². The molecule has 2 aliphatic heterocycles. The molecule has 0 bridgehead atoms. The number of amides is 1. The van der Waals surface area contributed by atoms with Gasteiger partial charge in [0.1, 0.15) is 0 Å². The molecule has 20 heavy (non-hydrogen) atoms. The van der Waals surface area contributed by atoms with E-state index in [9.17, 15) is 4.79 Å². The molecule has 2 heterocycles. The van der Waals surface area contributed by atoms with Crippen LogP contribution in [0.1, 0.15) is 32.1 Å². The number of unbranched alkanes of at least 4 members (excludes halogenated alkanes) is 1. The summed E-state index contributed by atoms with van der Waals surface area (Å²) in [7, 11) is 0. The second-order valence-corrected chi connectivity index (χ2v) is 5.92. The third-order valence-corrected chi connectivity index (χ3v) is 4.39. The Morgan fingerprint density at radius 3 is 2.55 bits per heavy atom. The first kappa shape index (κ1) is 15.5. The van der Waals surface area contributed by atoms with Crippen molar-refractivity contribution < 1.29 is 9.53 Å². The van der Waals surface area contributed by atoms with Crippen molar-refractivity contribution in [1.82, 2.24) is 9.80 Å². The Morgan fingerprint density at radius 2 is 1.90 bits per heavy atom. The number of carbonyl (C=O) groups excluding carboxylic acids is 1. The van der Waals surface area contributed by atoms with Crippen LogP contribution < -0.4 is 0 Å². The van der Waals surface area contributed by atoms with Crippen LogP contribution in [0.15, 0.2) is 12.7 Å². The Morgan fingerprint density at radius 1 is 1.20 bits per heavy atom. The number of morpholine rings is 1. The van der Waals surface area contributed by atoms with Crippen molar-refractivity contribution in [2.75, 3.05) is 45.9 Å². The molecule has 2 rings (SSSR count). The molecule has 2 aliphatic rings. The third-order valence-electron chi connectivity index (χ3n) is 4.39. The van der Waals surface area contributed by atoms with Gasteiger partial charge in [-0.2, -0.15) is 0 Å². The van der Waals surface area contributed by atoms with Gasteiger partial charge in [-0.05, 0) is 31.6 Å². The van der Waals surface area contributed by atoms with Gasteiger partial charge in [-0.25, -0.2) is 0 Å². The van der Waals surface area contributed by atoms with E-state index in [1.54, 1.807) is 0 Å². The number of ether oxygens (including phenoxy) is 1. The number of likely N-dealkylation sites (tertiary alicyclic amines) is 1. The molecular formula is C16H28N2O2. The van der Waals surface area contributed by atoms with Crippen molar-refractivity contribution in [2.24, 2.45) is 5.92 Å². The first-order valence-corrected chi connectivity index (χ1v) is 7.98. The van der Waals surface area contributed by atoms with Crippen LogP contribution in [0.3, 0.4) is 0 Å². The molecule has 0 aromatic carbocycles. The maximum absolute atomic E-state index is 12.0. The van der Waals surface area contributed by atoms with E-state index in [2.05, 4.69) is 16.4 Å². The monoisotopic (exact) mass is 280 g/mol. The normalized spacial score (nSPS) is 21.9. The van der Waals surface area contributed by atoms with Crippen LogP contribution in [0.2, 0.25) is 0 Å². The first-order valence-electron chi connectivity index (χ1n) is 7.98. The van der Waals surface area contributed by atoms with Crippen LogP contribution in [0, 0.1) is 5.92 Å². The van der Waals surface area contributed by atoms with Gasteiger partial charge in [0.15, 0.2) is 0 Å². The Labute approximate surface area is 122 Å². The van der Waals surface area contributed by atoms with Gasteiger partial charge in [-0.3, -0.25) is 9.69 Å². The highest BCUT2D eigenvalue weighted by Gasteiger charge is 2.24. The van der Waals surface area contributed by atoms with Crippen LogP contribution in [0.5, 0.6) is 0 Å². The van der Waals surface area contributed by atoms with Crippen LogP contribution in [-0.4, -0.2) is 61.6 Å². The minimum Gasteiger partial charge on any atom is -0.379 e. The smallest absolute Gasteiger partial charge is 0.222 e. The van der Waals surface area contributed by atoms with E-state index in [4.69, 9.17) is 4.74 Å². The SMILES string of the molecule is C=CCCCC(=O)N1CCC(CN2CCOCC2)CC1. The minimum atomic E-state index is 0.330.